The number of aromatic amines is 1. The van der Waals surface area contributed by atoms with Gasteiger partial charge in [0.25, 0.3) is 0 Å². The second-order valence-corrected chi connectivity index (χ2v) is 20.4. The van der Waals surface area contributed by atoms with Crippen LogP contribution in [0.3, 0.4) is 0 Å². The number of fused-ring (bicyclic) bond motifs is 3. The summed E-state index contributed by atoms with van der Waals surface area (Å²) in [5.74, 6) is -3.92. The number of hydrogen-bond acceptors (Lipinski definition) is 13. The Kier molecular flexibility index (Phi) is 18.2. The van der Waals surface area contributed by atoms with Crippen LogP contribution in [0.4, 0.5) is 8.78 Å². The third-order valence-corrected chi connectivity index (χ3v) is 14.1. The Balaban J connectivity index is 0.815. The first-order valence-electron chi connectivity index (χ1n) is 24.3. The van der Waals surface area contributed by atoms with Gasteiger partial charge in [-0.2, -0.15) is 0 Å². The number of aliphatic hydroxyl groups excluding tert-OH is 1. The Bertz CT molecular complexity index is 2650. The molecule has 4 heterocycles. The summed E-state index contributed by atoms with van der Waals surface area (Å²) in [7, 11) is 1.32. The van der Waals surface area contributed by atoms with E-state index in [1.54, 1.807) is 44.5 Å². The van der Waals surface area contributed by atoms with Crippen molar-refractivity contribution < 1.29 is 56.7 Å². The van der Waals surface area contributed by atoms with E-state index in [4.69, 9.17) is 23.7 Å². The summed E-state index contributed by atoms with van der Waals surface area (Å²) in [4.78, 5) is 65.0. The van der Waals surface area contributed by atoms with E-state index >= 15 is 8.78 Å². The molecule has 0 unspecified atom stereocenters. The van der Waals surface area contributed by atoms with E-state index in [9.17, 15) is 24.3 Å². The molecule has 3 aromatic carbocycles. The fraction of sp³-hybridized carbons (Fsp3) is 0.491. The number of nitrogens with zero attached hydrogens (tertiary/aromatic N) is 3. The van der Waals surface area contributed by atoms with E-state index in [2.05, 4.69) is 20.6 Å². The number of benzene rings is 3. The Morgan fingerprint density at radius 3 is 2.28 bits per heavy atom. The normalized spacial score (nSPS) is 18.9. The number of β-amino-alcohol motifs (C(OH)–C–C–N with tert-alkyl or cyclic N) is 1. The van der Waals surface area contributed by atoms with Crippen LogP contribution in [0.1, 0.15) is 75.2 Å². The maximum absolute atomic E-state index is 16.1. The van der Waals surface area contributed by atoms with E-state index in [-0.39, 0.29) is 89.7 Å². The number of carbonyl (C=O) groups is 4. The zero-order valence-corrected chi connectivity index (χ0v) is 42.7. The van der Waals surface area contributed by atoms with Crippen molar-refractivity contribution in [1.29, 1.82) is 0 Å². The molecule has 0 saturated carbocycles. The molecule has 0 radical (unpaired) electrons. The first kappa shape index (κ1) is 54.0. The first-order valence-corrected chi connectivity index (χ1v) is 25.2. The summed E-state index contributed by atoms with van der Waals surface area (Å²) in [5.41, 5.74) is 6.30. The van der Waals surface area contributed by atoms with Crippen molar-refractivity contribution >= 4 is 45.9 Å². The van der Waals surface area contributed by atoms with Crippen LogP contribution in [0.2, 0.25) is 0 Å². The van der Waals surface area contributed by atoms with Crippen LogP contribution in [0.15, 0.2) is 66.2 Å². The number of H-pyrrole nitrogens is 1. The molecule has 0 bridgehead atoms. The van der Waals surface area contributed by atoms with Crippen molar-refractivity contribution in [1.82, 2.24) is 30.4 Å². The Hall–Kier alpha value is -5.83. The number of aromatic nitrogens is 2. The molecule has 1 saturated heterocycles. The van der Waals surface area contributed by atoms with Gasteiger partial charge in [-0.1, -0.05) is 70.2 Å². The number of rotatable bonds is 22. The summed E-state index contributed by atoms with van der Waals surface area (Å²) in [6, 6.07) is 15.0. The van der Waals surface area contributed by atoms with Gasteiger partial charge < -0.3 is 49.3 Å². The highest BCUT2D eigenvalue weighted by Crippen LogP contribution is 2.43. The minimum atomic E-state index is -1.01. The molecule has 3 amide bonds. The number of likely N-dealkylation sites (tertiary alicyclic amines) is 1. The summed E-state index contributed by atoms with van der Waals surface area (Å²) in [6.07, 6.45) is -0.203. The topological polar surface area (TPSA) is 194 Å². The van der Waals surface area contributed by atoms with E-state index in [0.29, 0.717) is 12.1 Å². The number of halogens is 2. The van der Waals surface area contributed by atoms with Gasteiger partial charge >= 0.3 is 5.97 Å². The first-order chi connectivity index (χ1) is 34.4. The largest absolute Gasteiger partial charge is 0.491 e. The van der Waals surface area contributed by atoms with E-state index in [1.165, 1.54) is 12.0 Å². The van der Waals surface area contributed by atoms with E-state index < -0.39 is 70.9 Å². The minimum absolute atomic E-state index is 0.00160. The lowest BCUT2D eigenvalue weighted by molar-refractivity contribution is -0.146. The monoisotopic (exact) mass is 1020 g/mol. The lowest BCUT2D eigenvalue weighted by atomic mass is 9.85. The number of aryl methyl sites for hydroxylation is 1. The zero-order chi connectivity index (χ0) is 51.7. The number of para-hydroxylation sites is 1. The van der Waals surface area contributed by atoms with Crippen molar-refractivity contribution in [2.75, 3.05) is 66.4 Å². The SMILES string of the molecule is COC(=O)[C@@H](C)CN1[C@H](c2c(F)cc(OCCOCCOCCOCC(=O)N[C@H](C(=O)N3C[C@H](O)C[C@H]3C(=O)NCc3ccc(-c4scnc4C)cc3)C(C)(C)C)cc2F)c2[nH]c3ccccc3c2C[C@H]1C. The number of methoxy groups -OCH3 is 1. The zero-order valence-electron chi connectivity index (χ0n) is 41.9. The predicted octanol–water partition coefficient (Wildman–Crippen LogP) is 6.26. The lowest BCUT2D eigenvalue weighted by Crippen LogP contribution is -2.58. The lowest BCUT2D eigenvalue weighted by Gasteiger charge is -2.42. The number of esters is 1. The molecular formula is C53H66F2N6O10S. The predicted molar refractivity (Wildman–Crippen MR) is 267 cm³/mol. The van der Waals surface area contributed by atoms with E-state index in [1.807, 2.05) is 67.3 Å². The minimum Gasteiger partial charge on any atom is -0.491 e. The van der Waals surface area contributed by atoms with Gasteiger partial charge in [0, 0.05) is 66.4 Å². The maximum atomic E-state index is 16.1. The number of nitrogens with one attached hydrogen (secondary N) is 3. The average molecular weight is 1020 g/mol. The number of carbonyl (C=O) groups excluding carboxylic acids is 4. The molecule has 0 spiro atoms. The van der Waals surface area contributed by atoms with Crippen LogP contribution in [-0.4, -0.2) is 139 Å². The standard InChI is InChI=1S/C53H66F2N6O10S/c1-31(52(66)67-7)27-60-32(2)22-39-38-10-8-9-11-42(38)58-46(39)47(60)45-40(54)24-37(25-41(45)55)71-21-20-69-17-16-68-18-19-70-29-44(63)59-49(53(4,5)6)51(65)61-28-36(62)23-43(61)50(64)56-26-34-12-14-35(15-13-34)48-33(3)57-30-72-48/h8-15,24-25,30-32,36,43,47,49,58,62H,16-23,26-29H2,1-7H3,(H,56,64)(H,59,63)/t31-,32+,36+,43-,47+,49+/m0/s1. The van der Waals surface area contributed by atoms with Gasteiger partial charge in [-0.15, -0.1) is 11.3 Å². The fourth-order valence-corrected chi connectivity index (χ4v) is 10.2. The van der Waals surface area contributed by atoms with Crippen molar-refractivity contribution in [3.8, 4) is 16.2 Å². The molecule has 7 rings (SSSR count). The van der Waals surface area contributed by atoms with Crippen LogP contribution >= 0.6 is 11.3 Å². The van der Waals surface area contributed by atoms with Crippen molar-refractivity contribution in [3.05, 3.63) is 106 Å². The van der Waals surface area contributed by atoms with Gasteiger partial charge in [-0.25, -0.2) is 13.8 Å². The molecule has 6 atom stereocenters. The van der Waals surface area contributed by atoms with Gasteiger partial charge in [0.15, 0.2) is 0 Å². The van der Waals surface area contributed by atoms with Gasteiger partial charge in [0.05, 0.1) is 74.3 Å². The molecule has 388 valence electrons. The maximum Gasteiger partial charge on any atom is 0.309 e. The molecule has 19 heteroatoms. The fourth-order valence-electron chi connectivity index (χ4n) is 9.41. The second kappa shape index (κ2) is 24.3. The van der Waals surface area contributed by atoms with Crippen LogP contribution in [0, 0.1) is 29.9 Å². The molecule has 1 fully saturated rings. The van der Waals surface area contributed by atoms with E-state index in [0.717, 1.165) is 50.3 Å². The number of ether oxygens (including phenoxy) is 5. The van der Waals surface area contributed by atoms with Gasteiger partial charge in [-0.05, 0) is 48.4 Å². The third kappa shape index (κ3) is 13.0. The highest BCUT2D eigenvalue weighted by atomic mass is 32.1. The molecule has 16 nitrogen and oxygen atoms in total. The molecule has 2 aliphatic rings. The van der Waals surface area contributed by atoms with Crippen molar-refractivity contribution in [3.63, 3.8) is 0 Å². The van der Waals surface area contributed by atoms with Crippen LogP contribution in [0.5, 0.6) is 5.75 Å². The van der Waals surface area contributed by atoms with Crippen LogP contribution in [-0.2, 0) is 51.1 Å². The summed E-state index contributed by atoms with van der Waals surface area (Å²) in [5, 5.41) is 17.2. The van der Waals surface area contributed by atoms with Crippen molar-refractivity contribution in [2.24, 2.45) is 11.3 Å². The number of amides is 3. The van der Waals surface area contributed by atoms with Gasteiger partial charge in [0.1, 0.15) is 42.7 Å². The molecule has 4 N–H and O–H groups in total. The average Bonchev–Trinajstić information content (AvgIpc) is 4.07. The second-order valence-electron chi connectivity index (χ2n) is 19.5. The number of hydrogen-bond donors (Lipinski definition) is 4. The highest BCUT2D eigenvalue weighted by Gasteiger charge is 2.45. The Morgan fingerprint density at radius 2 is 1.62 bits per heavy atom. The summed E-state index contributed by atoms with van der Waals surface area (Å²) in [6.45, 7) is 11.9. The summed E-state index contributed by atoms with van der Waals surface area (Å²) >= 11 is 1.56. The molecule has 72 heavy (non-hydrogen) atoms. The molecular weight excluding hydrogens is 951 g/mol. The van der Waals surface area contributed by atoms with Crippen LogP contribution < -0.4 is 15.4 Å². The van der Waals surface area contributed by atoms with Gasteiger partial charge in [0.2, 0.25) is 17.7 Å². The number of thiazole rings is 1. The number of aliphatic hydroxyl groups is 1. The third-order valence-electron chi connectivity index (χ3n) is 13.1. The quantitative estimate of drug-likeness (QED) is 0.0450. The molecule has 2 aliphatic heterocycles. The van der Waals surface area contributed by atoms with Gasteiger partial charge in [-0.3, -0.25) is 24.1 Å². The summed E-state index contributed by atoms with van der Waals surface area (Å²) < 4.78 is 59.6. The van der Waals surface area contributed by atoms with Crippen LogP contribution in [0.25, 0.3) is 21.3 Å². The molecule has 5 aromatic rings. The smallest absolute Gasteiger partial charge is 0.309 e. The Labute approximate surface area is 422 Å². The Morgan fingerprint density at radius 1 is 0.958 bits per heavy atom. The molecule has 2 aromatic heterocycles. The van der Waals surface area contributed by atoms with Crippen molar-refractivity contribution in [2.45, 2.75) is 91.2 Å². The highest BCUT2D eigenvalue weighted by molar-refractivity contribution is 7.13. The molecule has 0 aliphatic carbocycles.